The number of rotatable bonds is 9. The minimum atomic E-state index is 0.109. The highest BCUT2D eigenvalue weighted by molar-refractivity contribution is 5.94. The third-order valence-electron chi connectivity index (χ3n) is 6.11. The second-order valence-electron chi connectivity index (χ2n) is 8.09. The van der Waals surface area contributed by atoms with Gasteiger partial charge in [-0.1, -0.05) is 13.0 Å². The van der Waals surface area contributed by atoms with E-state index in [9.17, 15) is 4.79 Å². The Hall–Kier alpha value is -2.40. The van der Waals surface area contributed by atoms with Gasteiger partial charge in [0.25, 0.3) is 5.91 Å². The third-order valence-corrected chi connectivity index (χ3v) is 6.11. The summed E-state index contributed by atoms with van der Waals surface area (Å²) in [7, 11) is 0. The van der Waals surface area contributed by atoms with E-state index in [0.717, 1.165) is 38.3 Å². The van der Waals surface area contributed by atoms with Crippen molar-refractivity contribution in [3.63, 3.8) is 0 Å². The molecule has 0 unspecified atom stereocenters. The maximum absolute atomic E-state index is 12.7. The van der Waals surface area contributed by atoms with Gasteiger partial charge in [0.1, 0.15) is 0 Å². The highest BCUT2D eigenvalue weighted by Crippen LogP contribution is 2.26. The van der Waals surface area contributed by atoms with Crippen LogP contribution in [0.4, 0.5) is 5.69 Å². The van der Waals surface area contributed by atoms with Gasteiger partial charge in [0.05, 0.1) is 0 Å². The fourth-order valence-corrected chi connectivity index (χ4v) is 4.38. The number of carbonyl (C=O) groups is 1. The summed E-state index contributed by atoms with van der Waals surface area (Å²) >= 11 is 0. The zero-order valence-corrected chi connectivity index (χ0v) is 18.8. The van der Waals surface area contributed by atoms with E-state index < -0.39 is 0 Å². The van der Waals surface area contributed by atoms with E-state index in [1.165, 1.54) is 37.1 Å². The molecule has 1 aliphatic rings. The van der Waals surface area contributed by atoms with Crippen molar-refractivity contribution in [3.8, 4) is 0 Å². The predicted molar refractivity (Wildman–Crippen MR) is 124 cm³/mol. The lowest BCUT2D eigenvalue weighted by Gasteiger charge is -2.40. The number of piperidine rings is 1. The number of carbonyl (C=O) groups excluding carboxylic acids is 1. The molecule has 2 heterocycles. The lowest BCUT2D eigenvalue weighted by Crippen LogP contribution is -2.45. The zero-order chi connectivity index (χ0) is 21.3. The Kier molecular flexibility index (Phi) is 8.26. The number of benzene rings is 1. The Balaban J connectivity index is 1.79. The van der Waals surface area contributed by atoms with Crippen LogP contribution < -0.4 is 4.90 Å². The van der Waals surface area contributed by atoms with E-state index in [1.54, 1.807) is 0 Å². The Morgan fingerprint density at radius 3 is 2.33 bits per heavy atom. The number of hydrogen-bond donors (Lipinski definition) is 0. The summed E-state index contributed by atoms with van der Waals surface area (Å²) in [4.78, 5) is 23.9. The molecule has 0 atom stereocenters. The maximum atomic E-state index is 12.7. The van der Waals surface area contributed by atoms with Gasteiger partial charge in [-0.05, 0) is 75.5 Å². The van der Waals surface area contributed by atoms with Gasteiger partial charge in [0, 0.05) is 62.4 Å². The molecular weight excluding hydrogens is 372 g/mol. The summed E-state index contributed by atoms with van der Waals surface area (Å²) in [6.07, 6.45) is 7.33. The van der Waals surface area contributed by atoms with Crippen molar-refractivity contribution in [3.05, 3.63) is 59.9 Å². The summed E-state index contributed by atoms with van der Waals surface area (Å²) in [5.41, 5.74) is 3.17. The summed E-state index contributed by atoms with van der Waals surface area (Å²) in [6, 6.07) is 12.9. The largest absolute Gasteiger partial charge is 0.364 e. The van der Waals surface area contributed by atoms with E-state index >= 15 is 0 Å². The van der Waals surface area contributed by atoms with Gasteiger partial charge in [-0.2, -0.15) is 0 Å². The van der Waals surface area contributed by atoms with E-state index in [1.807, 2.05) is 49.3 Å². The molecule has 30 heavy (non-hydrogen) atoms. The van der Waals surface area contributed by atoms with Gasteiger partial charge < -0.3 is 14.7 Å². The molecular formula is C25H36N4O. The number of likely N-dealkylation sites (tertiary alicyclic amines) is 1. The highest BCUT2D eigenvalue weighted by Gasteiger charge is 2.25. The summed E-state index contributed by atoms with van der Waals surface area (Å²) in [5, 5.41) is 0. The molecule has 0 bridgehead atoms. The Bertz CT molecular complexity index is 765. The van der Waals surface area contributed by atoms with Crippen molar-refractivity contribution >= 4 is 11.6 Å². The maximum Gasteiger partial charge on any atom is 0.253 e. The molecule has 1 amide bonds. The molecule has 1 fully saturated rings. The topological polar surface area (TPSA) is 39.7 Å². The van der Waals surface area contributed by atoms with E-state index in [0.29, 0.717) is 6.04 Å². The fraction of sp³-hybridized carbons (Fsp3) is 0.520. The monoisotopic (exact) mass is 408 g/mol. The summed E-state index contributed by atoms with van der Waals surface area (Å²) in [5.74, 6) is 0.109. The molecule has 162 valence electrons. The first-order valence-corrected chi connectivity index (χ1v) is 11.4. The number of amides is 1. The molecule has 1 aromatic carbocycles. The quantitative estimate of drug-likeness (QED) is 0.615. The first-order valence-electron chi connectivity index (χ1n) is 11.4. The van der Waals surface area contributed by atoms with E-state index in [-0.39, 0.29) is 5.91 Å². The van der Waals surface area contributed by atoms with Crippen LogP contribution in [-0.2, 0) is 6.54 Å². The molecule has 0 saturated carbocycles. The smallest absolute Gasteiger partial charge is 0.253 e. The van der Waals surface area contributed by atoms with Crippen LogP contribution in [0.2, 0.25) is 0 Å². The number of pyridine rings is 1. The van der Waals surface area contributed by atoms with Crippen molar-refractivity contribution in [2.45, 2.75) is 52.6 Å². The molecule has 1 aliphatic heterocycles. The lowest BCUT2D eigenvalue weighted by atomic mass is 10.0. The molecule has 0 spiro atoms. The van der Waals surface area contributed by atoms with Crippen molar-refractivity contribution in [2.75, 3.05) is 37.6 Å². The normalized spacial score (nSPS) is 15.2. The number of nitrogens with zero attached hydrogens (tertiary/aromatic N) is 4. The van der Waals surface area contributed by atoms with Gasteiger partial charge >= 0.3 is 0 Å². The number of aromatic nitrogens is 1. The van der Waals surface area contributed by atoms with E-state index in [4.69, 9.17) is 0 Å². The van der Waals surface area contributed by atoms with Crippen LogP contribution in [0.1, 0.15) is 56.0 Å². The molecule has 0 aliphatic carbocycles. The van der Waals surface area contributed by atoms with Crippen molar-refractivity contribution in [1.29, 1.82) is 0 Å². The average molecular weight is 409 g/mol. The van der Waals surface area contributed by atoms with Crippen LogP contribution in [-0.4, -0.2) is 59.5 Å². The Labute approximate surface area is 181 Å². The average Bonchev–Trinajstić information content (AvgIpc) is 2.80. The third kappa shape index (κ3) is 5.60. The van der Waals surface area contributed by atoms with Crippen LogP contribution in [0.3, 0.4) is 0 Å². The van der Waals surface area contributed by atoms with Crippen LogP contribution in [0.15, 0.2) is 48.8 Å². The molecule has 3 rings (SSSR count). The Morgan fingerprint density at radius 2 is 1.77 bits per heavy atom. The van der Waals surface area contributed by atoms with Crippen LogP contribution in [0.5, 0.6) is 0 Å². The predicted octanol–water partition coefficient (Wildman–Crippen LogP) is 4.44. The Morgan fingerprint density at radius 1 is 1.07 bits per heavy atom. The first-order chi connectivity index (χ1) is 14.7. The molecule has 5 nitrogen and oxygen atoms in total. The molecule has 0 radical (unpaired) electrons. The van der Waals surface area contributed by atoms with Crippen molar-refractivity contribution in [2.24, 2.45) is 0 Å². The van der Waals surface area contributed by atoms with Crippen LogP contribution in [0.25, 0.3) is 0 Å². The summed E-state index contributed by atoms with van der Waals surface area (Å²) < 4.78 is 0. The molecule has 0 N–H and O–H groups in total. The van der Waals surface area contributed by atoms with Crippen LogP contribution >= 0.6 is 0 Å². The van der Waals surface area contributed by atoms with Gasteiger partial charge in [-0.25, -0.2) is 0 Å². The second kappa shape index (κ2) is 11.1. The molecule has 5 heteroatoms. The second-order valence-corrected chi connectivity index (χ2v) is 8.09. The number of anilines is 1. The lowest BCUT2D eigenvalue weighted by molar-refractivity contribution is 0.0773. The standard InChI is InChI=1S/C25H36N4O/c1-4-16-27-17-13-24(14-18-27)29(20-21-8-7-15-26-19-21)23-11-9-22(10-12-23)25(30)28(5-2)6-3/h7-12,15,19,24H,4-6,13-14,16-18,20H2,1-3H3. The van der Waals surface area contributed by atoms with Crippen molar-refractivity contribution in [1.82, 2.24) is 14.8 Å². The van der Waals surface area contributed by atoms with Gasteiger partial charge in [-0.3, -0.25) is 9.78 Å². The minimum absolute atomic E-state index is 0.109. The minimum Gasteiger partial charge on any atom is -0.364 e. The van der Waals surface area contributed by atoms with Crippen LogP contribution in [0, 0.1) is 0 Å². The molecule has 1 saturated heterocycles. The van der Waals surface area contributed by atoms with Gasteiger partial charge in [0.15, 0.2) is 0 Å². The van der Waals surface area contributed by atoms with E-state index in [2.05, 4.69) is 39.9 Å². The fourth-order valence-electron chi connectivity index (χ4n) is 4.38. The molecule has 2 aromatic rings. The molecule has 1 aromatic heterocycles. The van der Waals surface area contributed by atoms with Gasteiger partial charge in [-0.15, -0.1) is 0 Å². The first kappa shape index (κ1) is 22.3. The zero-order valence-electron chi connectivity index (χ0n) is 18.8. The number of hydrogen-bond acceptors (Lipinski definition) is 4. The SMILES string of the molecule is CCCN1CCC(N(Cc2cccnc2)c2ccc(C(=O)N(CC)CC)cc2)CC1. The highest BCUT2D eigenvalue weighted by atomic mass is 16.2. The van der Waals surface area contributed by atoms with Gasteiger partial charge in [0.2, 0.25) is 0 Å². The van der Waals surface area contributed by atoms with Crippen molar-refractivity contribution < 1.29 is 4.79 Å². The summed E-state index contributed by atoms with van der Waals surface area (Å²) in [6.45, 7) is 12.1.